The summed E-state index contributed by atoms with van der Waals surface area (Å²) in [6.07, 6.45) is 2.95. The molecule has 1 amide bonds. The molecule has 8 nitrogen and oxygen atoms in total. The number of anilines is 1. The normalized spacial score (nSPS) is 16.9. The number of hydrogen-bond acceptors (Lipinski definition) is 6. The van der Waals surface area contributed by atoms with Gasteiger partial charge in [-0.05, 0) is 51.4 Å². The summed E-state index contributed by atoms with van der Waals surface area (Å²) < 4.78 is 1.83. The van der Waals surface area contributed by atoms with E-state index in [0.717, 1.165) is 60.4 Å². The van der Waals surface area contributed by atoms with Gasteiger partial charge in [-0.25, -0.2) is 4.68 Å². The molecule has 0 atom stereocenters. The van der Waals surface area contributed by atoms with Gasteiger partial charge in [0.25, 0.3) is 0 Å². The molecule has 0 unspecified atom stereocenters. The van der Waals surface area contributed by atoms with Crippen molar-refractivity contribution in [3.8, 4) is 5.69 Å². The molecule has 1 fully saturated rings. The van der Waals surface area contributed by atoms with Crippen LogP contribution < -0.4 is 5.17 Å². The molecule has 8 heteroatoms. The molecule has 1 aromatic carbocycles. The summed E-state index contributed by atoms with van der Waals surface area (Å²) in [5.41, 5.74) is 4.94. The summed E-state index contributed by atoms with van der Waals surface area (Å²) in [6.45, 7) is 13.2. The van der Waals surface area contributed by atoms with E-state index in [4.69, 9.17) is 0 Å². The zero-order valence-electron chi connectivity index (χ0n) is 19.5. The van der Waals surface area contributed by atoms with E-state index in [0.29, 0.717) is 25.2 Å². The summed E-state index contributed by atoms with van der Waals surface area (Å²) in [5, 5.41) is 20.2. The molecule has 0 radical (unpaired) electrons. The third-order valence-electron chi connectivity index (χ3n) is 6.48. The minimum atomic E-state index is 0.177. The smallest absolute Gasteiger partial charge is 0.222 e. The zero-order chi connectivity index (χ0) is 22.8. The van der Waals surface area contributed by atoms with Gasteiger partial charge in [0.1, 0.15) is 0 Å². The highest BCUT2D eigenvalue weighted by atomic mass is 16.6. The van der Waals surface area contributed by atoms with Gasteiger partial charge in [0.2, 0.25) is 5.91 Å². The predicted octanol–water partition coefficient (Wildman–Crippen LogP) is 3.33. The fourth-order valence-corrected chi connectivity index (χ4v) is 4.50. The molecule has 4 rings (SSSR count). The van der Waals surface area contributed by atoms with Crippen LogP contribution in [0.15, 0.2) is 30.5 Å². The van der Waals surface area contributed by atoms with Crippen LogP contribution in [0.3, 0.4) is 0 Å². The number of allylic oxidation sites excluding steroid dienone is 1. The number of benzene rings is 1. The monoisotopic (exact) mass is 437 g/mol. The zero-order valence-corrected chi connectivity index (χ0v) is 19.5. The number of aryl methyl sites for hydroxylation is 1. The average molecular weight is 438 g/mol. The number of carbonyl (C=O) groups excluding carboxylic acids is 1. The Morgan fingerprint density at radius 2 is 1.75 bits per heavy atom. The van der Waals surface area contributed by atoms with Gasteiger partial charge in [0, 0.05) is 50.9 Å². The molecular formula is C24H33N6O2-. The largest absolute Gasteiger partial charge is 0.737 e. The number of aromatic nitrogens is 2. The lowest BCUT2D eigenvalue weighted by Crippen LogP contribution is -2.48. The standard InChI is InChI=1S/C24H33N6O2/c1-5-26-13-15-27(16-14-26)22(31)7-6-12-28-17-19(3)23-20(4)29(25-24(23)30(28)32)21-10-8-18(2)9-11-21/h8-11,17H,5-7,12-16H2,1-4H3/q-1. The van der Waals surface area contributed by atoms with Crippen molar-refractivity contribution in [3.63, 3.8) is 0 Å². The molecule has 1 saturated heterocycles. The molecule has 3 heterocycles. The first-order chi connectivity index (χ1) is 15.4. The third kappa shape index (κ3) is 4.38. The number of likely N-dealkylation sites (N-methyl/N-ethyl adjacent to an activating group) is 1. The number of rotatable bonds is 6. The van der Waals surface area contributed by atoms with Gasteiger partial charge in [-0.1, -0.05) is 24.6 Å². The van der Waals surface area contributed by atoms with Crippen molar-refractivity contribution < 1.29 is 4.79 Å². The van der Waals surface area contributed by atoms with Crippen LogP contribution in [0.2, 0.25) is 0 Å². The minimum absolute atomic E-state index is 0.177. The lowest BCUT2D eigenvalue weighted by atomic mass is 10.1. The van der Waals surface area contributed by atoms with E-state index in [9.17, 15) is 10.0 Å². The van der Waals surface area contributed by atoms with Gasteiger partial charge in [0.05, 0.1) is 11.4 Å². The first kappa shape index (κ1) is 22.4. The number of nitrogens with zero attached hydrogens (tertiary/aromatic N) is 6. The topological polar surface area (TPSA) is 70.9 Å². The van der Waals surface area contributed by atoms with Crippen molar-refractivity contribution in [3.05, 3.63) is 52.5 Å². The van der Waals surface area contributed by atoms with Crippen LogP contribution in [0.25, 0.3) is 11.3 Å². The highest BCUT2D eigenvalue weighted by molar-refractivity contribution is 5.78. The molecule has 2 aliphatic rings. The van der Waals surface area contributed by atoms with Crippen LogP contribution in [0, 0.1) is 19.1 Å². The maximum absolute atomic E-state index is 13.1. The van der Waals surface area contributed by atoms with E-state index < -0.39 is 0 Å². The first-order valence-corrected chi connectivity index (χ1v) is 11.5. The van der Waals surface area contributed by atoms with Gasteiger partial charge in [-0.3, -0.25) is 4.79 Å². The van der Waals surface area contributed by atoms with E-state index in [1.807, 2.05) is 60.8 Å². The van der Waals surface area contributed by atoms with Crippen LogP contribution in [0.5, 0.6) is 0 Å². The molecule has 32 heavy (non-hydrogen) atoms. The van der Waals surface area contributed by atoms with Crippen LogP contribution >= 0.6 is 0 Å². The Hall–Kier alpha value is -2.84. The molecule has 0 bridgehead atoms. The second kappa shape index (κ2) is 9.34. The number of hydrazine groups is 1. The molecule has 0 aliphatic carbocycles. The predicted molar refractivity (Wildman–Crippen MR) is 127 cm³/mol. The van der Waals surface area contributed by atoms with Crippen molar-refractivity contribution in [2.45, 2.75) is 40.5 Å². The second-order valence-corrected chi connectivity index (χ2v) is 8.70. The maximum atomic E-state index is 13.1. The Labute approximate surface area is 190 Å². The van der Waals surface area contributed by atoms with E-state index in [1.54, 1.807) is 5.01 Å². The number of piperazine rings is 1. The Kier molecular flexibility index (Phi) is 6.53. The van der Waals surface area contributed by atoms with E-state index >= 15 is 0 Å². The molecular weight excluding hydrogens is 404 g/mol. The van der Waals surface area contributed by atoms with Gasteiger partial charge in [-0.2, -0.15) is 0 Å². The summed E-state index contributed by atoms with van der Waals surface area (Å²) in [4.78, 5) is 16.9. The Balaban J connectivity index is 1.40. The van der Waals surface area contributed by atoms with E-state index in [-0.39, 0.29) is 5.91 Å². The third-order valence-corrected chi connectivity index (χ3v) is 6.48. The number of carbonyl (C=O) groups is 1. The summed E-state index contributed by atoms with van der Waals surface area (Å²) in [6, 6.07) is 8.11. The molecule has 2 aliphatic heterocycles. The van der Waals surface area contributed by atoms with Crippen molar-refractivity contribution in [1.82, 2.24) is 24.6 Å². The van der Waals surface area contributed by atoms with Crippen LogP contribution in [0.4, 0.5) is 5.82 Å². The number of fused-ring (bicyclic) bond motifs is 1. The number of hydrogen-bond donors (Lipinski definition) is 0. The van der Waals surface area contributed by atoms with Crippen LogP contribution in [0.1, 0.15) is 43.5 Å². The van der Waals surface area contributed by atoms with Gasteiger partial charge >= 0.3 is 0 Å². The first-order valence-electron chi connectivity index (χ1n) is 11.5. The second-order valence-electron chi connectivity index (χ2n) is 8.70. The maximum Gasteiger partial charge on any atom is 0.222 e. The molecule has 0 N–H and O–H groups in total. The fraction of sp³-hybridized carbons (Fsp3) is 0.500. The van der Waals surface area contributed by atoms with Crippen molar-refractivity contribution >= 4 is 17.3 Å². The average Bonchev–Trinajstić information content (AvgIpc) is 3.15. The molecule has 1 aromatic heterocycles. The minimum Gasteiger partial charge on any atom is -0.737 e. The number of amides is 1. The molecule has 172 valence electrons. The SMILES string of the molecule is CCN1CCN(C(=O)CCCN2C=C(C)c3c(nn(-c4ccc(C)cc4)c3C)N2[O-])CC1. The highest BCUT2D eigenvalue weighted by Crippen LogP contribution is 2.35. The van der Waals surface area contributed by atoms with E-state index in [2.05, 4.69) is 16.9 Å². The van der Waals surface area contributed by atoms with Crippen LogP contribution in [-0.4, -0.2) is 69.8 Å². The van der Waals surface area contributed by atoms with Gasteiger partial charge in [0.15, 0.2) is 5.82 Å². The van der Waals surface area contributed by atoms with Gasteiger partial charge in [-0.15, -0.1) is 5.10 Å². The van der Waals surface area contributed by atoms with Crippen molar-refractivity contribution in [2.24, 2.45) is 0 Å². The van der Waals surface area contributed by atoms with Crippen LogP contribution in [-0.2, 0) is 4.79 Å². The molecule has 0 spiro atoms. The summed E-state index contributed by atoms with van der Waals surface area (Å²) in [5.74, 6) is 0.584. The lowest BCUT2D eigenvalue weighted by molar-refractivity contribution is -0.133. The Morgan fingerprint density at radius 1 is 1.06 bits per heavy atom. The van der Waals surface area contributed by atoms with Crippen molar-refractivity contribution in [1.29, 1.82) is 0 Å². The molecule has 2 aromatic rings. The van der Waals surface area contributed by atoms with E-state index in [1.165, 1.54) is 5.56 Å². The lowest BCUT2D eigenvalue weighted by Gasteiger charge is -2.43. The Bertz CT molecular complexity index is 989. The quantitative estimate of drug-likeness (QED) is 0.690. The van der Waals surface area contributed by atoms with Gasteiger partial charge < -0.3 is 25.2 Å². The van der Waals surface area contributed by atoms with Crippen molar-refractivity contribution in [2.75, 3.05) is 44.4 Å². The summed E-state index contributed by atoms with van der Waals surface area (Å²) >= 11 is 0. The highest BCUT2D eigenvalue weighted by Gasteiger charge is 2.25. The fourth-order valence-electron chi connectivity index (χ4n) is 4.50. The molecule has 0 saturated carbocycles. The Morgan fingerprint density at radius 3 is 2.41 bits per heavy atom. The summed E-state index contributed by atoms with van der Waals surface area (Å²) in [7, 11) is 0.